The highest BCUT2D eigenvalue weighted by Crippen LogP contribution is 2.36. The topological polar surface area (TPSA) is 148 Å². The minimum absolute atomic E-state index is 0.0926. The van der Waals surface area contributed by atoms with Crippen LogP contribution in [-0.4, -0.2) is 64.0 Å². The molecule has 2 heterocycles. The highest BCUT2D eigenvalue weighted by Gasteiger charge is 2.39. The number of urea groups is 1. The van der Waals surface area contributed by atoms with Crippen LogP contribution in [0.2, 0.25) is 0 Å². The summed E-state index contributed by atoms with van der Waals surface area (Å²) in [6, 6.07) is 5.88. The van der Waals surface area contributed by atoms with Gasteiger partial charge < -0.3 is 24.4 Å². The van der Waals surface area contributed by atoms with E-state index in [0.717, 1.165) is 0 Å². The molecule has 3 amide bonds. The van der Waals surface area contributed by atoms with Crippen molar-refractivity contribution in [3.8, 4) is 0 Å². The van der Waals surface area contributed by atoms with Gasteiger partial charge in [0.2, 0.25) is 5.76 Å². The number of aromatic nitrogens is 1. The van der Waals surface area contributed by atoms with E-state index in [0.29, 0.717) is 17.7 Å². The van der Waals surface area contributed by atoms with Crippen molar-refractivity contribution in [1.82, 2.24) is 20.3 Å². The highest BCUT2D eigenvalue weighted by molar-refractivity contribution is 5.95. The lowest BCUT2D eigenvalue weighted by Gasteiger charge is -2.38. The van der Waals surface area contributed by atoms with Crippen LogP contribution in [-0.2, 0) is 9.53 Å². The number of hydrogen-bond acceptors (Lipinski definition) is 8. The third kappa shape index (κ3) is 5.83. The molecule has 1 unspecified atom stereocenters. The minimum atomic E-state index is -0.912. The van der Waals surface area contributed by atoms with Gasteiger partial charge in [0.05, 0.1) is 28.8 Å². The zero-order valence-corrected chi connectivity index (χ0v) is 19.9. The summed E-state index contributed by atoms with van der Waals surface area (Å²) in [5.41, 5.74) is 0.728. The summed E-state index contributed by atoms with van der Waals surface area (Å²) in [5, 5.41) is 17.6. The van der Waals surface area contributed by atoms with Crippen molar-refractivity contribution in [2.24, 2.45) is 0 Å². The average molecular weight is 485 g/mol. The van der Waals surface area contributed by atoms with E-state index in [9.17, 15) is 24.5 Å². The van der Waals surface area contributed by atoms with Gasteiger partial charge in [-0.1, -0.05) is 17.3 Å². The number of non-ortho nitro benzene ring substituents is 1. The number of esters is 1. The molecule has 0 fully saturated rings. The van der Waals surface area contributed by atoms with Gasteiger partial charge >= 0.3 is 12.0 Å². The number of nitrogens with zero attached hydrogens (tertiary/aromatic N) is 4. The first-order chi connectivity index (χ1) is 16.6. The first-order valence-corrected chi connectivity index (χ1v) is 11.0. The summed E-state index contributed by atoms with van der Waals surface area (Å²) < 4.78 is 10.3. The summed E-state index contributed by atoms with van der Waals surface area (Å²) in [6.45, 7) is 5.42. The number of benzene rings is 1. The summed E-state index contributed by atoms with van der Waals surface area (Å²) in [4.78, 5) is 52.1. The molecule has 0 aliphatic carbocycles. The molecule has 1 atom stereocenters. The van der Waals surface area contributed by atoms with Gasteiger partial charge in [-0.15, -0.1) is 0 Å². The number of rotatable bonds is 9. The minimum Gasteiger partial charge on any atom is -0.459 e. The molecule has 1 aromatic heterocycles. The predicted molar refractivity (Wildman–Crippen MR) is 123 cm³/mol. The van der Waals surface area contributed by atoms with Gasteiger partial charge in [0, 0.05) is 44.0 Å². The van der Waals surface area contributed by atoms with Gasteiger partial charge in [0.15, 0.2) is 0 Å². The van der Waals surface area contributed by atoms with Crippen LogP contribution in [0.5, 0.6) is 0 Å². The van der Waals surface area contributed by atoms with E-state index in [1.54, 1.807) is 33.9 Å². The van der Waals surface area contributed by atoms with Gasteiger partial charge in [-0.25, -0.2) is 9.59 Å². The molecule has 1 aliphatic rings. The number of nitrogens with one attached hydrogen (secondary N) is 1. The molecule has 3 rings (SSSR count). The number of nitro benzene ring substituents is 1. The molecule has 35 heavy (non-hydrogen) atoms. The molecule has 2 aromatic rings. The van der Waals surface area contributed by atoms with Gasteiger partial charge in [0.25, 0.3) is 11.6 Å². The van der Waals surface area contributed by atoms with Crippen molar-refractivity contribution in [2.45, 2.75) is 39.3 Å². The van der Waals surface area contributed by atoms with E-state index >= 15 is 0 Å². The molecule has 0 spiro atoms. The number of carbonyl (C=O) groups is 3. The standard InChI is InChI=1S/C23H27N5O7/c1-14(2)34-22(30)19-15(3)25-23(31)27(20(19)16-7-5-8-17(13-16)28(32)33)12-6-11-26(4)21(29)18-9-10-24-35-18/h5,7-10,13-14,20H,6,11-12H2,1-4H3,(H,25,31). The lowest BCUT2D eigenvalue weighted by atomic mass is 9.93. The van der Waals surface area contributed by atoms with Crippen LogP contribution >= 0.6 is 0 Å². The van der Waals surface area contributed by atoms with Gasteiger partial charge in [-0.05, 0) is 32.8 Å². The lowest BCUT2D eigenvalue weighted by Crippen LogP contribution is -2.49. The van der Waals surface area contributed by atoms with Crippen LogP contribution in [0.15, 0.2) is 52.3 Å². The Bertz CT molecular complexity index is 1140. The van der Waals surface area contributed by atoms with E-state index in [4.69, 9.17) is 9.26 Å². The molecule has 0 saturated carbocycles. The summed E-state index contributed by atoms with van der Waals surface area (Å²) in [5.74, 6) is -0.899. The monoisotopic (exact) mass is 485 g/mol. The zero-order chi connectivity index (χ0) is 25.7. The zero-order valence-electron chi connectivity index (χ0n) is 19.9. The number of allylic oxidation sites excluding steroid dienone is 1. The van der Waals surface area contributed by atoms with E-state index in [-0.39, 0.29) is 36.0 Å². The Labute approximate surface area is 201 Å². The maximum Gasteiger partial charge on any atom is 0.338 e. The second-order valence-corrected chi connectivity index (χ2v) is 8.33. The van der Waals surface area contributed by atoms with E-state index in [2.05, 4.69) is 10.5 Å². The van der Waals surface area contributed by atoms with Crippen LogP contribution < -0.4 is 5.32 Å². The molecule has 0 radical (unpaired) electrons. The van der Waals surface area contributed by atoms with Crippen LogP contribution in [0.3, 0.4) is 0 Å². The average Bonchev–Trinajstić information content (AvgIpc) is 3.33. The molecule has 1 N–H and O–H groups in total. The van der Waals surface area contributed by atoms with Gasteiger partial charge in [-0.2, -0.15) is 0 Å². The fraction of sp³-hybridized carbons (Fsp3) is 0.391. The first-order valence-electron chi connectivity index (χ1n) is 11.0. The molecule has 12 nitrogen and oxygen atoms in total. The van der Waals surface area contributed by atoms with Crippen LogP contribution in [0.4, 0.5) is 10.5 Å². The van der Waals surface area contributed by atoms with Crippen molar-refractivity contribution in [3.05, 3.63) is 69.2 Å². The lowest BCUT2D eigenvalue weighted by molar-refractivity contribution is -0.384. The second kappa shape index (κ2) is 10.8. The Hall–Kier alpha value is -4.22. The van der Waals surface area contributed by atoms with Crippen LogP contribution in [0.25, 0.3) is 0 Å². The Balaban J connectivity index is 1.89. The van der Waals surface area contributed by atoms with Crippen LogP contribution in [0, 0.1) is 10.1 Å². The maximum absolute atomic E-state index is 13.0. The molecule has 1 aromatic carbocycles. The Morgan fingerprint density at radius 1 is 1.34 bits per heavy atom. The Morgan fingerprint density at radius 3 is 2.71 bits per heavy atom. The van der Waals surface area contributed by atoms with Crippen molar-refractivity contribution < 1.29 is 28.6 Å². The number of ether oxygens (including phenoxy) is 1. The quantitative estimate of drug-likeness (QED) is 0.324. The fourth-order valence-corrected chi connectivity index (χ4v) is 3.80. The van der Waals surface area contributed by atoms with Crippen molar-refractivity contribution in [3.63, 3.8) is 0 Å². The molecule has 1 aliphatic heterocycles. The second-order valence-electron chi connectivity index (χ2n) is 8.33. The number of hydrogen-bond donors (Lipinski definition) is 1. The fourth-order valence-electron chi connectivity index (χ4n) is 3.80. The Morgan fingerprint density at radius 2 is 2.09 bits per heavy atom. The van der Waals surface area contributed by atoms with Crippen molar-refractivity contribution in [2.75, 3.05) is 20.1 Å². The van der Waals surface area contributed by atoms with Gasteiger partial charge in [0.1, 0.15) is 0 Å². The summed E-state index contributed by atoms with van der Waals surface area (Å²) in [6.07, 6.45) is 1.33. The molecular weight excluding hydrogens is 458 g/mol. The smallest absolute Gasteiger partial charge is 0.338 e. The molecule has 186 valence electrons. The van der Waals surface area contributed by atoms with Crippen molar-refractivity contribution >= 4 is 23.6 Å². The van der Waals surface area contributed by atoms with Crippen LogP contribution in [0.1, 0.15) is 49.4 Å². The molecule has 12 heteroatoms. The molecule has 0 bridgehead atoms. The number of carbonyl (C=O) groups excluding carboxylic acids is 3. The summed E-state index contributed by atoms with van der Waals surface area (Å²) >= 11 is 0. The molecular formula is C23H27N5O7. The van der Waals surface area contributed by atoms with Gasteiger partial charge in [-0.3, -0.25) is 14.9 Å². The Kier molecular flexibility index (Phi) is 7.84. The van der Waals surface area contributed by atoms with E-state index < -0.39 is 29.1 Å². The summed E-state index contributed by atoms with van der Waals surface area (Å²) in [7, 11) is 1.59. The molecule has 0 saturated heterocycles. The third-order valence-corrected chi connectivity index (χ3v) is 5.39. The van der Waals surface area contributed by atoms with Crippen molar-refractivity contribution in [1.29, 1.82) is 0 Å². The predicted octanol–water partition coefficient (Wildman–Crippen LogP) is 3.04. The highest BCUT2D eigenvalue weighted by atomic mass is 16.6. The first kappa shape index (κ1) is 25.4. The number of nitro groups is 1. The maximum atomic E-state index is 13.0. The SMILES string of the molecule is CC1=C(C(=O)OC(C)C)C(c2cccc([N+](=O)[O-])c2)N(CCCN(C)C(=O)c2ccno2)C(=O)N1. The van der Waals surface area contributed by atoms with E-state index in [1.807, 2.05) is 0 Å². The number of amides is 3. The normalized spacial score (nSPS) is 15.7. The third-order valence-electron chi connectivity index (χ3n) is 5.39. The van der Waals surface area contributed by atoms with E-state index in [1.165, 1.54) is 40.3 Å². The largest absolute Gasteiger partial charge is 0.459 e.